The summed E-state index contributed by atoms with van der Waals surface area (Å²) in [7, 11) is 1.60. The Bertz CT molecular complexity index is 792. The molecule has 0 unspecified atom stereocenters. The van der Waals surface area contributed by atoms with E-state index in [4.69, 9.17) is 4.74 Å². The lowest BCUT2D eigenvalue weighted by atomic mass is 10.1. The van der Waals surface area contributed by atoms with E-state index in [2.05, 4.69) is 5.32 Å². The molecule has 5 heteroatoms. The highest BCUT2D eigenvalue weighted by Crippen LogP contribution is 2.16. The molecule has 1 fully saturated rings. The molecular weight excluding hydrogens is 328 g/mol. The molecule has 1 N–H and O–H groups in total. The molecule has 5 nitrogen and oxygen atoms in total. The molecule has 0 aliphatic carbocycles. The van der Waals surface area contributed by atoms with Gasteiger partial charge in [-0.1, -0.05) is 30.3 Å². The van der Waals surface area contributed by atoms with E-state index in [9.17, 15) is 9.59 Å². The highest BCUT2D eigenvalue weighted by atomic mass is 16.5. The fourth-order valence-electron chi connectivity index (χ4n) is 2.89. The first-order valence-corrected chi connectivity index (χ1v) is 8.69. The second-order valence-electron chi connectivity index (χ2n) is 6.15. The molecule has 1 aliphatic rings. The number of methoxy groups -OCH3 is 1. The van der Waals surface area contributed by atoms with Crippen LogP contribution in [0.15, 0.2) is 60.3 Å². The van der Waals surface area contributed by atoms with E-state index in [1.807, 2.05) is 30.3 Å². The van der Waals surface area contributed by atoms with Gasteiger partial charge in [-0.3, -0.25) is 9.59 Å². The lowest BCUT2D eigenvalue weighted by molar-refractivity contribution is -0.126. The van der Waals surface area contributed by atoms with Crippen molar-refractivity contribution in [3.63, 3.8) is 0 Å². The zero-order chi connectivity index (χ0) is 18.4. The zero-order valence-corrected chi connectivity index (χ0v) is 14.8. The Balaban J connectivity index is 1.86. The van der Waals surface area contributed by atoms with Crippen LogP contribution in [0.5, 0.6) is 5.75 Å². The van der Waals surface area contributed by atoms with Crippen LogP contribution in [0, 0.1) is 0 Å². The Morgan fingerprint density at radius 2 is 1.65 bits per heavy atom. The molecule has 0 aromatic heterocycles. The van der Waals surface area contributed by atoms with E-state index in [0.717, 1.165) is 37.2 Å². The molecule has 1 heterocycles. The van der Waals surface area contributed by atoms with E-state index in [0.29, 0.717) is 5.56 Å². The third kappa shape index (κ3) is 4.30. The van der Waals surface area contributed by atoms with Gasteiger partial charge in [-0.05, 0) is 48.7 Å². The van der Waals surface area contributed by atoms with Gasteiger partial charge in [0.25, 0.3) is 11.8 Å². The second-order valence-corrected chi connectivity index (χ2v) is 6.15. The quantitative estimate of drug-likeness (QED) is 0.843. The Morgan fingerprint density at radius 3 is 2.27 bits per heavy atom. The number of likely N-dealkylation sites (tertiary alicyclic amines) is 1. The van der Waals surface area contributed by atoms with Crippen LogP contribution in [0.3, 0.4) is 0 Å². The van der Waals surface area contributed by atoms with Crippen LogP contribution in [-0.4, -0.2) is 36.9 Å². The van der Waals surface area contributed by atoms with Gasteiger partial charge < -0.3 is 15.0 Å². The average molecular weight is 350 g/mol. The lowest BCUT2D eigenvalue weighted by Crippen LogP contribution is -2.36. The van der Waals surface area contributed by atoms with Crippen molar-refractivity contribution in [3.8, 4) is 5.75 Å². The molecule has 1 saturated heterocycles. The molecule has 2 aromatic rings. The molecule has 2 aromatic carbocycles. The third-order valence-corrected chi connectivity index (χ3v) is 4.33. The Kier molecular flexibility index (Phi) is 5.69. The van der Waals surface area contributed by atoms with Gasteiger partial charge in [0.05, 0.1) is 7.11 Å². The van der Waals surface area contributed by atoms with Gasteiger partial charge >= 0.3 is 0 Å². The Labute approximate surface area is 153 Å². The monoisotopic (exact) mass is 350 g/mol. The van der Waals surface area contributed by atoms with Crippen molar-refractivity contribution in [2.75, 3.05) is 20.2 Å². The fraction of sp³-hybridized carbons (Fsp3) is 0.238. The molecule has 3 rings (SSSR count). The van der Waals surface area contributed by atoms with Gasteiger partial charge in [-0.15, -0.1) is 0 Å². The van der Waals surface area contributed by atoms with Crippen LogP contribution >= 0.6 is 0 Å². The van der Waals surface area contributed by atoms with Crippen molar-refractivity contribution in [3.05, 3.63) is 71.4 Å². The zero-order valence-electron chi connectivity index (χ0n) is 14.8. The molecule has 0 saturated carbocycles. The molecule has 26 heavy (non-hydrogen) atoms. The van der Waals surface area contributed by atoms with E-state index in [1.165, 1.54) is 0 Å². The summed E-state index contributed by atoms with van der Waals surface area (Å²) < 4.78 is 5.16. The van der Waals surface area contributed by atoms with Crippen molar-refractivity contribution < 1.29 is 14.3 Å². The summed E-state index contributed by atoms with van der Waals surface area (Å²) >= 11 is 0. The summed E-state index contributed by atoms with van der Waals surface area (Å²) in [4.78, 5) is 27.2. The Hall–Kier alpha value is -3.08. The van der Waals surface area contributed by atoms with Crippen LogP contribution in [-0.2, 0) is 4.79 Å². The first-order valence-electron chi connectivity index (χ1n) is 8.69. The standard InChI is InChI=1S/C21H22N2O3/c1-26-18-11-9-16(10-12-18)15-19(21(25)23-13-5-6-14-23)22-20(24)17-7-3-2-4-8-17/h2-4,7-12,15H,5-6,13-14H2,1H3,(H,22,24). The first kappa shape index (κ1) is 17.7. The van der Waals surface area contributed by atoms with Crippen molar-refractivity contribution in [2.45, 2.75) is 12.8 Å². The topological polar surface area (TPSA) is 58.6 Å². The Morgan fingerprint density at radius 1 is 1.00 bits per heavy atom. The minimum atomic E-state index is -0.294. The smallest absolute Gasteiger partial charge is 0.270 e. The predicted molar refractivity (Wildman–Crippen MR) is 101 cm³/mol. The number of benzene rings is 2. The van der Waals surface area contributed by atoms with Crippen molar-refractivity contribution in [2.24, 2.45) is 0 Å². The molecule has 2 amide bonds. The number of hydrogen-bond donors (Lipinski definition) is 1. The average Bonchev–Trinajstić information content (AvgIpc) is 3.23. The van der Waals surface area contributed by atoms with E-state index < -0.39 is 0 Å². The van der Waals surface area contributed by atoms with Gasteiger partial charge in [-0.25, -0.2) is 0 Å². The first-order chi connectivity index (χ1) is 12.7. The third-order valence-electron chi connectivity index (χ3n) is 4.33. The summed E-state index contributed by atoms with van der Waals surface area (Å²) in [5, 5.41) is 2.79. The minimum absolute atomic E-state index is 0.150. The van der Waals surface area contributed by atoms with Gasteiger partial charge in [0.1, 0.15) is 11.4 Å². The molecule has 0 bridgehead atoms. The van der Waals surface area contributed by atoms with Crippen molar-refractivity contribution in [1.82, 2.24) is 10.2 Å². The highest BCUT2D eigenvalue weighted by molar-refractivity contribution is 6.05. The van der Waals surface area contributed by atoms with Gasteiger partial charge in [0, 0.05) is 18.7 Å². The molecule has 1 aliphatic heterocycles. The minimum Gasteiger partial charge on any atom is -0.497 e. The highest BCUT2D eigenvalue weighted by Gasteiger charge is 2.23. The maximum atomic E-state index is 12.9. The summed E-state index contributed by atoms with van der Waals surface area (Å²) in [6.45, 7) is 1.44. The molecule has 0 spiro atoms. The number of nitrogens with zero attached hydrogens (tertiary/aromatic N) is 1. The van der Waals surface area contributed by atoms with Crippen molar-refractivity contribution >= 4 is 17.9 Å². The van der Waals surface area contributed by atoms with E-state index in [1.54, 1.807) is 42.4 Å². The van der Waals surface area contributed by atoms with Crippen LogP contribution in [0.2, 0.25) is 0 Å². The van der Waals surface area contributed by atoms with E-state index >= 15 is 0 Å². The summed E-state index contributed by atoms with van der Waals surface area (Å²) in [6.07, 6.45) is 3.70. The molecule has 0 radical (unpaired) electrons. The summed E-state index contributed by atoms with van der Waals surface area (Å²) in [5.74, 6) is 0.295. The summed E-state index contributed by atoms with van der Waals surface area (Å²) in [6, 6.07) is 16.2. The normalized spacial score (nSPS) is 14.2. The number of nitrogens with one attached hydrogen (secondary N) is 1. The number of amides is 2. The van der Waals surface area contributed by atoms with Gasteiger partial charge in [0.2, 0.25) is 0 Å². The predicted octanol–water partition coefficient (Wildman–Crippen LogP) is 3.09. The van der Waals surface area contributed by atoms with Crippen LogP contribution in [0.4, 0.5) is 0 Å². The number of carbonyl (C=O) groups excluding carboxylic acids is 2. The number of ether oxygens (including phenoxy) is 1. The lowest BCUT2D eigenvalue weighted by Gasteiger charge is -2.18. The van der Waals surface area contributed by atoms with E-state index in [-0.39, 0.29) is 17.5 Å². The number of hydrogen-bond acceptors (Lipinski definition) is 3. The maximum Gasteiger partial charge on any atom is 0.270 e. The molecule has 134 valence electrons. The summed E-state index contributed by atoms with van der Waals surface area (Å²) in [5.41, 5.74) is 1.62. The maximum absolute atomic E-state index is 12.9. The van der Waals surface area contributed by atoms with Gasteiger partial charge in [0.15, 0.2) is 0 Å². The molecular formula is C21H22N2O3. The fourth-order valence-corrected chi connectivity index (χ4v) is 2.89. The largest absolute Gasteiger partial charge is 0.497 e. The molecule has 0 atom stereocenters. The van der Waals surface area contributed by atoms with Gasteiger partial charge in [-0.2, -0.15) is 0 Å². The number of carbonyl (C=O) groups is 2. The number of rotatable bonds is 5. The van der Waals surface area contributed by atoms with Crippen molar-refractivity contribution in [1.29, 1.82) is 0 Å². The van der Waals surface area contributed by atoms with Crippen LogP contribution in [0.25, 0.3) is 6.08 Å². The SMILES string of the molecule is COc1ccc(C=C(NC(=O)c2ccccc2)C(=O)N2CCCC2)cc1. The van der Waals surface area contributed by atoms with Crippen LogP contribution in [0.1, 0.15) is 28.8 Å². The van der Waals surface area contributed by atoms with Crippen LogP contribution < -0.4 is 10.1 Å². The second kappa shape index (κ2) is 8.34.